The van der Waals surface area contributed by atoms with Crippen LogP contribution < -0.4 is 35.5 Å². The van der Waals surface area contributed by atoms with Crippen molar-refractivity contribution in [2.24, 2.45) is 22.4 Å². The second kappa shape index (κ2) is 45.6. The zero-order valence-corrected chi connectivity index (χ0v) is 81.1. The van der Waals surface area contributed by atoms with E-state index in [4.69, 9.17) is 49.0 Å². The molecule has 11 aromatic rings. The molecule has 4 atom stereocenters. The van der Waals surface area contributed by atoms with Crippen molar-refractivity contribution in [3.63, 3.8) is 0 Å². The van der Waals surface area contributed by atoms with E-state index in [0.717, 1.165) is 102 Å². The van der Waals surface area contributed by atoms with Gasteiger partial charge in [-0.25, -0.2) is 34.7 Å². The van der Waals surface area contributed by atoms with E-state index in [1.807, 2.05) is 94.4 Å². The van der Waals surface area contributed by atoms with Crippen LogP contribution in [-0.4, -0.2) is 181 Å². The summed E-state index contributed by atoms with van der Waals surface area (Å²) < 4.78 is 96.3. The van der Waals surface area contributed by atoms with Crippen molar-refractivity contribution < 1.29 is 68.7 Å². The predicted octanol–water partition coefficient (Wildman–Crippen LogP) is 16.8. The zero-order valence-electron chi connectivity index (χ0n) is 75.6. The highest BCUT2D eigenvalue weighted by molar-refractivity contribution is 8.03. The molecule has 3 amide bonds. The van der Waals surface area contributed by atoms with Crippen LogP contribution in [0.1, 0.15) is 124 Å². The van der Waals surface area contributed by atoms with Gasteiger partial charge in [-0.3, -0.25) is 44.3 Å². The highest BCUT2D eigenvalue weighted by atomic mass is 35.5. The largest absolute Gasteiger partial charge is 0.493 e. The number of anilines is 3. The van der Waals surface area contributed by atoms with E-state index in [9.17, 15) is 59.7 Å². The van der Waals surface area contributed by atoms with Gasteiger partial charge in [0, 0.05) is 135 Å². The fourth-order valence-electron chi connectivity index (χ4n) is 15.8. The second-order valence-corrected chi connectivity index (χ2v) is 41.4. The lowest BCUT2D eigenvalue weighted by atomic mass is 10.0. The summed E-state index contributed by atoms with van der Waals surface area (Å²) in [5.74, 6) is -0.343. The molecule has 0 bridgehead atoms. The number of sulfonamides is 2. The number of pyridine rings is 2. The number of aryl methyl sites for hydroxylation is 1. The van der Waals surface area contributed by atoms with Gasteiger partial charge in [-0.2, -0.15) is 24.2 Å². The number of halogens is 3. The highest BCUT2D eigenvalue weighted by Gasteiger charge is 2.60. The molecule has 2 saturated heterocycles. The first-order chi connectivity index (χ1) is 65.1. The summed E-state index contributed by atoms with van der Waals surface area (Å²) >= 11 is 18.7. The van der Waals surface area contributed by atoms with Crippen LogP contribution in [0.15, 0.2) is 268 Å². The van der Waals surface area contributed by atoms with E-state index in [2.05, 4.69) is 111 Å². The number of para-hydroxylation sites is 1. The molecule has 3 aromatic heterocycles. The number of hydrogen-bond acceptors (Lipinski definition) is 25. The smallest absolute Gasteiger partial charge is 0.341 e. The number of thioether (sulfide) groups is 1. The summed E-state index contributed by atoms with van der Waals surface area (Å²) in [7, 11) is -8.90. The number of ether oxygens (including phenoxy) is 3. The molecule has 8 heterocycles. The summed E-state index contributed by atoms with van der Waals surface area (Å²) in [6.45, 7) is 20.1. The average molecular weight is 1980 g/mol. The van der Waals surface area contributed by atoms with Crippen molar-refractivity contribution in [2.75, 3.05) is 82.1 Å². The number of nitrogens with one attached hydrogen (secondary N) is 5. The van der Waals surface area contributed by atoms with Gasteiger partial charge in [0.25, 0.3) is 17.5 Å². The molecule has 6 aliphatic rings. The van der Waals surface area contributed by atoms with E-state index in [1.54, 1.807) is 86.7 Å². The second-order valence-electron chi connectivity index (χ2n) is 33.2. The van der Waals surface area contributed by atoms with Crippen LogP contribution in [0.2, 0.25) is 5.02 Å². The van der Waals surface area contributed by atoms with E-state index in [0.29, 0.717) is 71.8 Å². The standard InChI is InChI=1S/C23H30N2O2.C22H21ClN4O5S2.C19H19N3O2.C17H19Cl2N3O3S2.C17H15N3O4/c1-3-27-23-18-21(11-12-22(23)26-2)19-25-16-14-24(15-17-25)13-7-10-20-8-5-4-6-9-20;23-16-5-7-17(8-6-16)27-21(19-13-33(29,30)14-20(19)25-27)24-22(28)15-3-9-18(10-4-15)34(31,32)26-11-1-2-12-26;1-3-24-19(23)16-12-22-17-13(2)6-4-8-15(17)18(16)21-11-14-7-5-9-20-10-14;1-17(2)12(9-13(18)19)14(17)15(23)21-10-3-5-11(6-4-10)27(24,25)22-16-20-7-8-26-16;1-17(22)11-15(12-5-3-2-4-6-12)18-19(17)16(21)13-7-9-14(10-8-13)20(23)24/h4-12,18H,3,13-17,19H2,1-2H3;3-10H,1-2,11-14H2,(H,24,28);4-10,12H,3,11H2,1-2H3,(H,21,22);3-9,12,14,16,20,22H,1-2H3,(H,21,23);2-10,22H,11H2,1H3/b10-7+;;;;. The SMILES string of the molecule is CC1(C)C(C=C(Cl)Cl)C1C(=O)Nc1ccc(S(=O)(=O)NC2NC=CS2)cc1.CC1(O)CC(c2ccccc2)=NN1C(=O)c1ccc([N+](=O)[O-])cc1.CCOC(=O)c1cnc2c(C)cccc2c1NCc1cccnc1.CCOc1cc(CN2CCN(C/C=C/c3ccccc3)CC2)ccc1OC.O=C(Nc1c2c(nn1-c1ccc(Cl)cc1)CS(=O)(=O)C2)c1ccc(S(=O)(=O)N2CCCC2)cc1. The Kier molecular flexibility index (Phi) is 33.9. The Balaban J connectivity index is 0.000000145. The number of nitro groups is 1. The maximum absolute atomic E-state index is 13.0. The molecule has 5 aliphatic heterocycles. The number of esters is 1. The molecule has 0 radical (unpaired) electrons. The minimum Gasteiger partial charge on any atom is -0.493 e. The average Bonchev–Trinajstić information content (AvgIpc) is 1.57. The molecular formula is C98H104Cl3N15O16S4. The first-order valence-corrected chi connectivity index (χ1v) is 50.5. The predicted molar refractivity (Wildman–Crippen MR) is 530 cm³/mol. The number of piperazine rings is 1. The molecule has 17 rings (SSSR count). The minimum absolute atomic E-state index is 0.0311. The topological polar surface area (TPSA) is 391 Å². The number of hydrazone groups is 1. The zero-order chi connectivity index (χ0) is 97.1. The maximum atomic E-state index is 13.0. The molecule has 0 spiro atoms. The first-order valence-electron chi connectivity index (χ1n) is 43.7. The number of methoxy groups -OCH3 is 1. The Morgan fingerprint density at radius 2 is 1.42 bits per heavy atom. The summed E-state index contributed by atoms with van der Waals surface area (Å²) in [5, 5.41) is 46.0. The van der Waals surface area contributed by atoms with Gasteiger partial charge in [-0.05, 0) is 194 Å². The molecule has 3 fully saturated rings. The highest BCUT2D eigenvalue weighted by Crippen LogP contribution is 2.60. The number of nitrogens with zero attached hydrogens (tertiary/aromatic N) is 10. The molecule has 712 valence electrons. The minimum atomic E-state index is -3.66. The molecule has 6 N–H and O–H groups in total. The van der Waals surface area contributed by atoms with Gasteiger partial charge in [0.1, 0.15) is 21.4 Å². The molecule has 31 nitrogen and oxygen atoms in total. The van der Waals surface area contributed by atoms with Crippen molar-refractivity contribution >= 4 is 146 Å². The number of carbonyl (C=O) groups excluding carboxylic acids is 4. The Morgan fingerprint density at radius 1 is 0.743 bits per heavy atom. The molecule has 1 saturated carbocycles. The summed E-state index contributed by atoms with van der Waals surface area (Å²) in [5.41, 5.74) is 8.34. The number of sulfone groups is 1. The maximum Gasteiger partial charge on any atom is 0.341 e. The lowest BCUT2D eigenvalue weighted by Crippen LogP contribution is -2.45. The number of amides is 3. The summed E-state index contributed by atoms with van der Waals surface area (Å²) in [6.07, 6.45) is 14.8. The third-order valence-electron chi connectivity index (χ3n) is 23.1. The van der Waals surface area contributed by atoms with Crippen LogP contribution in [0.5, 0.6) is 11.5 Å². The van der Waals surface area contributed by atoms with Gasteiger partial charge in [-0.1, -0.05) is 164 Å². The Morgan fingerprint density at radius 3 is 2.06 bits per heavy atom. The van der Waals surface area contributed by atoms with E-state index >= 15 is 0 Å². The van der Waals surface area contributed by atoms with Gasteiger partial charge in [0.15, 0.2) is 27.1 Å². The van der Waals surface area contributed by atoms with Gasteiger partial charge >= 0.3 is 5.97 Å². The summed E-state index contributed by atoms with van der Waals surface area (Å²) in [6, 6.07) is 59.6. The van der Waals surface area contributed by atoms with Crippen LogP contribution >= 0.6 is 46.6 Å². The monoisotopic (exact) mass is 1980 g/mol. The Bertz CT molecular complexity index is 6590. The molecule has 136 heavy (non-hydrogen) atoms. The Hall–Kier alpha value is -12.2. The number of aromatic nitrogens is 4. The third kappa shape index (κ3) is 26.1. The van der Waals surface area contributed by atoms with Gasteiger partial charge in [-0.15, -0.1) is 0 Å². The first kappa shape index (κ1) is 101. The number of non-ortho nitro benzene ring substituents is 1. The van der Waals surface area contributed by atoms with Crippen LogP contribution in [0, 0.1) is 34.3 Å². The number of allylic oxidation sites excluding steroid dienone is 1. The number of aliphatic hydroxyl groups is 1. The van der Waals surface area contributed by atoms with Crippen molar-refractivity contribution in [3.8, 4) is 17.2 Å². The lowest BCUT2D eigenvalue weighted by Gasteiger charge is -2.34. The molecule has 4 unspecified atom stereocenters. The van der Waals surface area contributed by atoms with E-state index in [1.165, 1.54) is 99.5 Å². The Labute approximate surface area is 809 Å². The van der Waals surface area contributed by atoms with Gasteiger partial charge in [0.2, 0.25) is 26.0 Å². The van der Waals surface area contributed by atoms with Crippen LogP contribution in [0.3, 0.4) is 0 Å². The fraction of sp³-hybridized carbons (Fsp3) is 0.286. The number of hydrogen-bond donors (Lipinski definition) is 6. The molecule has 38 heteroatoms. The van der Waals surface area contributed by atoms with E-state index < -0.39 is 57.8 Å². The van der Waals surface area contributed by atoms with Gasteiger partial charge < -0.3 is 40.6 Å². The van der Waals surface area contributed by atoms with Crippen molar-refractivity contribution in [2.45, 2.75) is 106 Å². The van der Waals surface area contributed by atoms with Crippen molar-refractivity contribution in [3.05, 3.63) is 324 Å². The number of fused-ring (bicyclic) bond motifs is 2. The molecular weight excluding hydrogens is 1880 g/mol. The molecule has 1 aliphatic carbocycles. The summed E-state index contributed by atoms with van der Waals surface area (Å²) in [4.78, 5) is 74.5. The van der Waals surface area contributed by atoms with Crippen LogP contribution in [0.4, 0.5) is 22.9 Å². The number of rotatable bonds is 27. The van der Waals surface area contributed by atoms with Crippen molar-refractivity contribution in [1.29, 1.82) is 0 Å². The fourth-order valence-corrected chi connectivity index (χ4v) is 21.3. The number of carbonyl (C=O) groups is 4. The number of benzene rings is 8. The van der Waals surface area contributed by atoms with Crippen LogP contribution in [0.25, 0.3) is 22.7 Å². The quantitative estimate of drug-likeness (QED) is 0.0158. The third-order valence-corrected chi connectivity index (χ3v) is 29.4. The van der Waals surface area contributed by atoms with E-state index in [-0.39, 0.29) is 84.0 Å². The lowest BCUT2D eigenvalue weighted by molar-refractivity contribution is -0.384. The normalized spacial score (nSPS) is 18.0. The van der Waals surface area contributed by atoms with Crippen molar-refractivity contribution in [1.82, 2.24) is 48.9 Å². The van der Waals surface area contributed by atoms with Gasteiger partial charge in [0.05, 0.1) is 80.8 Å². The number of nitro benzene ring substituents is 1. The van der Waals surface area contributed by atoms with Crippen LogP contribution in [-0.2, 0) is 64.0 Å². The molecule has 8 aromatic carbocycles.